The van der Waals surface area contributed by atoms with Gasteiger partial charge in [-0.2, -0.15) is 8.42 Å². The normalized spacial score (nSPS) is 9.54. The van der Waals surface area contributed by atoms with Gasteiger partial charge in [-0.25, -0.2) is 0 Å². The van der Waals surface area contributed by atoms with E-state index >= 15 is 0 Å². The van der Waals surface area contributed by atoms with E-state index in [2.05, 4.69) is 4.98 Å². The van der Waals surface area contributed by atoms with Gasteiger partial charge in [0.15, 0.2) is 5.58 Å². The van der Waals surface area contributed by atoms with E-state index in [0.29, 0.717) is 11.1 Å². The van der Waals surface area contributed by atoms with Crippen molar-refractivity contribution in [1.82, 2.24) is 4.98 Å². The third kappa shape index (κ3) is 1.76. The van der Waals surface area contributed by atoms with E-state index in [1.165, 1.54) is 0 Å². The molecule has 0 aliphatic rings. The molecule has 0 radical (unpaired) electrons. The number of aromatic amines is 1. The SMILES string of the molecule is Cl.O=S(=O)=c1[nH]c2ccccc2o1. The second-order valence-electron chi connectivity index (χ2n) is 2.25. The quantitative estimate of drug-likeness (QED) is 0.685. The molecule has 0 aliphatic carbocycles. The van der Waals surface area contributed by atoms with E-state index in [4.69, 9.17) is 4.42 Å². The van der Waals surface area contributed by atoms with Crippen LogP contribution in [0.4, 0.5) is 0 Å². The van der Waals surface area contributed by atoms with Crippen molar-refractivity contribution in [1.29, 1.82) is 0 Å². The van der Waals surface area contributed by atoms with E-state index in [9.17, 15) is 8.42 Å². The van der Waals surface area contributed by atoms with Crippen molar-refractivity contribution < 1.29 is 12.8 Å². The molecule has 1 heterocycles. The zero-order chi connectivity index (χ0) is 8.55. The summed E-state index contributed by atoms with van der Waals surface area (Å²) < 4.78 is 25.9. The van der Waals surface area contributed by atoms with Gasteiger partial charge < -0.3 is 9.40 Å². The fourth-order valence-corrected chi connectivity index (χ4v) is 1.32. The van der Waals surface area contributed by atoms with Crippen molar-refractivity contribution in [2.75, 3.05) is 0 Å². The standard InChI is InChI=1S/C7H5NO3S.ClH/c9-12(10)7-8-5-3-1-2-4-6(5)11-7;/h1-4,8H;1H. The lowest BCUT2D eigenvalue weighted by Gasteiger charge is -1.80. The van der Waals surface area contributed by atoms with Crippen molar-refractivity contribution in [2.45, 2.75) is 0 Å². The van der Waals surface area contributed by atoms with Crippen LogP contribution in [0, 0.1) is 4.84 Å². The molecule has 0 saturated carbocycles. The fourth-order valence-electron chi connectivity index (χ4n) is 0.970. The Bertz CT molecular complexity index is 537. The van der Waals surface area contributed by atoms with Crippen LogP contribution in [-0.2, 0) is 10.3 Å². The molecule has 2 aromatic rings. The van der Waals surface area contributed by atoms with Gasteiger partial charge in [0.2, 0.25) is 0 Å². The number of nitrogens with one attached hydrogen (secondary N) is 1. The number of rotatable bonds is 0. The van der Waals surface area contributed by atoms with E-state index in [1.54, 1.807) is 24.3 Å². The predicted octanol–water partition coefficient (Wildman–Crippen LogP) is 1.59. The summed E-state index contributed by atoms with van der Waals surface area (Å²) in [4.78, 5) is 2.47. The van der Waals surface area contributed by atoms with Crippen molar-refractivity contribution in [3.63, 3.8) is 0 Å². The number of hydrogen-bond acceptors (Lipinski definition) is 3. The van der Waals surface area contributed by atoms with Crippen LogP contribution < -0.4 is 0 Å². The molecule has 0 aliphatic heterocycles. The molecule has 70 valence electrons. The van der Waals surface area contributed by atoms with Gasteiger partial charge in [0, 0.05) is 0 Å². The summed E-state index contributed by atoms with van der Waals surface area (Å²) in [5, 5.41) is 0. The summed E-state index contributed by atoms with van der Waals surface area (Å²) in [6.07, 6.45) is 0. The van der Waals surface area contributed by atoms with Crippen LogP contribution in [0.1, 0.15) is 0 Å². The van der Waals surface area contributed by atoms with Crippen molar-refractivity contribution in [3.05, 3.63) is 29.1 Å². The summed E-state index contributed by atoms with van der Waals surface area (Å²) in [6, 6.07) is 7.01. The van der Waals surface area contributed by atoms with Crippen molar-refractivity contribution in [2.24, 2.45) is 0 Å². The largest absolute Gasteiger partial charge is 0.426 e. The topological polar surface area (TPSA) is 63.1 Å². The zero-order valence-electron chi connectivity index (χ0n) is 6.35. The minimum Gasteiger partial charge on any atom is -0.426 e. The first-order valence-electron chi connectivity index (χ1n) is 3.27. The molecule has 1 aromatic carbocycles. The van der Waals surface area contributed by atoms with Crippen LogP contribution >= 0.6 is 12.4 Å². The first-order chi connectivity index (χ1) is 5.77. The highest BCUT2D eigenvalue weighted by molar-refractivity contribution is 7.63. The molecule has 0 fully saturated rings. The van der Waals surface area contributed by atoms with E-state index < -0.39 is 10.3 Å². The number of oxazole rings is 1. The number of halogens is 1. The molecule has 0 saturated heterocycles. The Morgan fingerprint density at radius 2 is 1.92 bits per heavy atom. The van der Waals surface area contributed by atoms with Crippen LogP contribution in [0.3, 0.4) is 0 Å². The van der Waals surface area contributed by atoms with Crippen LogP contribution in [0.25, 0.3) is 11.1 Å². The van der Waals surface area contributed by atoms with E-state index in [0.717, 1.165) is 0 Å². The van der Waals surface area contributed by atoms with Crippen LogP contribution in [0.5, 0.6) is 0 Å². The summed E-state index contributed by atoms with van der Waals surface area (Å²) in [6.45, 7) is 0. The van der Waals surface area contributed by atoms with Gasteiger partial charge in [0.25, 0.3) is 10.3 Å². The van der Waals surface area contributed by atoms with Gasteiger partial charge >= 0.3 is 4.84 Å². The van der Waals surface area contributed by atoms with Crippen LogP contribution in [0.2, 0.25) is 0 Å². The lowest BCUT2D eigenvalue weighted by atomic mass is 10.3. The van der Waals surface area contributed by atoms with Crippen LogP contribution in [0.15, 0.2) is 28.7 Å². The fraction of sp³-hybridized carbons (Fsp3) is 0. The predicted molar refractivity (Wildman–Crippen MR) is 50.0 cm³/mol. The molecule has 0 amide bonds. The molecule has 0 atom stereocenters. The smallest absolute Gasteiger partial charge is 0.322 e. The molecule has 6 heteroatoms. The lowest BCUT2D eigenvalue weighted by molar-refractivity contribution is 0.563. The molecule has 1 aromatic heterocycles. The highest BCUT2D eigenvalue weighted by atomic mass is 35.5. The number of fused-ring (bicyclic) bond motifs is 1. The number of H-pyrrole nitrogens is 1. The van der Waals surface area contributed by atoms with Crippen molar-refractivity contribution >= 4 is 33.8 Å². The molecule has 2 rings (SSSR count). The summed E-state index contributed by atoms with van der Waals surface area (Å²) in [7, 11) is -2.33. The Morgan fingerprint density at radius 1 is 1.23 bits per heavy atom. The van der Waals surface area contributed by atoms with Crippen molar-refractivity contribution in [3.8, 4) is 0 Å². The highest BCUT2D eigenvalue weighted by Gasteiger charge is 1.96. The van der Waals surface area contributed by atoms with Gasteiger partial charge in [0.1, 0.15) is 0 Å². The minimum absolute atomic E-state index is 0. The molecule has 4 nitrogen and oxygen atoms in total. The average Bonchev–Trinajstić information content (AvgIpc) is 2.46. The number of para-hydroxylation sites is 2. The summed E-state index contributed by atoms with van der Waals surface area (Å²) in [5.41, 5.74) is 1.22. The van der Waals surface area contributed by atoms with Crippen LogP contribution in [-0.4, -0.2) is 13.4 Å². The summed E-state index contributed by atoms with van der Waals surface area (Å²) >= 11 is 0. The maximum atomic E-state index is 10.4. The van der Waals surface area contributed by atoms with E-state index in [-0.39, 0.29) is 17.2 Å². The third-order valence-electron chi connectivity index (χ3n) is 1.48. The second kappa shape index (κ2) is 3.68. The maximum Gasteiger partial charge on any atom is 0.322 e. The Kier molecular flexibility index (Phi) is 2.79. The van der Waals surface area contributed by atoms with Gasteiger partial charge in [-0.1, -0.05) is 12.1 Å². The molecule has 0 unspecified atom stereocenters. The Labute approximate surface area is 81.1 Å². The van der Waals surface area contributed by atoms with Gasteiger partial charge in [-0.05, 0) is 12.1 Å². The molecule has 13 heavy (non-hydrogen) atoms. The third-order valence-corrected chi connectivity index (χ3v) is 1.97. The van der Waals surface area contributed by atoms with Gasteiger partial charge in [-0.15, -0.1) is 12.4 Å². The molecule has 0 bridgehead atoms. The molecular weight excluding hydrogens is 214 g/mol. The first kappa shape index (κ1) is 9.88. The minimum atomic E-state index is -2.33. The Balaban J connectivity index is 0.000000845. The lowest BCUT2D eigenvalue weighted by Crippen LogP contribution is -1.65. The molecule has 0 spiro atoms. The van der Waals surface area contributed by atoms with Gasteiger partial charge in [-0.3, -0.25) is 0 Å². The first-order valence-corrected chi connectivity index (χ1v) is 4.35. The molecule has 1 N–H and O–H groups in total. The number of hydrogen-bond donors (Lipinski definition) is 1. The number of aromatic nitrogens is 1. The van der Waals surface area contributed by atoms with E-state index in [1.807, 2.05) is 0 Å². The Morgan fingerprint density at radius 3 is 2.54 bits per heavy atom. The Hall–Kier alpha value is -1.20. The number of benzene rings is 1. The second-order valence-corrected chi connectivity index (χ2v) is 3.09. The zero-order valence-corrected chi connectivity index (χ0v) is 7.98. The van der Waals surface area contributed by atoms with Gasteiger partial charge in [0.05, 0.1) is 5.52 Å². The molecular formula is C7H6ClNO3S. The summed E-state index contributed by atoms with van der Waals surface area (Å²) in [5.74, 6) is 0. The average molecular weight is 220 g/mol. The monoisotopic (exact) mass is 219 g/mol. The maximum absolute atomic E-state index is 10.4. The highest BCUT2D eigenvalue weighted by Crippen LogP contribution is 2.10.